The van der Waals surface area contributed by atoms with Crippen LogP contribution >= 0.6 is 0 Å². The molecule has 3 heterocycles. The number of hydrogen-bond acceptors (Lipinski definition) is 4. The van der Waals surface area contributed by atoms with Gasteiger partial charge in [-0.3, -0.25) is 9.59 Å². The lowest BCUT2D eigenvalue weighted by Gasteiger charge is -2.17. The molecular formula is C19H16FN5O2. The van der Waals surface area contributed by atoms with Crippen molar-refractivity contribution < 1.29 is 14.0 Å². The third kappa shape index (κ3) is 3.29. The van der Waals surface area contributed by atoms with E-state index in [-0.39, 0.29) is 30.5 Å². The summed E-state index contributed by atoms with van der Waals surface area (Å²) in [5.41, 5.74) is 0.680. The highest BCUT2D eigenvalue weighted by Gasteiger charge is 2.36. The van der Waals surface area contributed by atoms with Crippen LogP contribution in [0, 0.1) is 11.7 Å². The number of carbonyl (C=O) groups is 2. The zero-order valence-corrected chi connectivity index (χ0v) is 14.2. The molecule has 0 spiro atoms. The second kappa shape index (κ2) is 6.99. The second-order valence-corrected chi connectivity index (χ2v) is 6.17. The van der Waals surface area contributed by atoms with Crippen LogP contribution in [0.3, 0.4) is 0 Å². The van der Waals surface area contributed by atoms with Crippen molar-refractivity contribution in [1.82, 2.24) is 14.8 Å². The highest BCUT2D eigenvalue weighted by molar-refractivity contribution is 6.04. The smallest absolute Gasteiger partial charge is 0.229 e. The third-order valence-electron chi connectivity index (χ3n) is 4.41. The quantitative estimate of drug-likeness (QED) is 0.770. The van der Waals surface area contributed by atoms with Gasteiger partial charge in [0.25, 0.3) is 0 Å². The molecule has 0 unspecified atom stereocenters. The first-order valence-corrected chi connectivity index (χ1v) is 8.44. The molecule has 0 aliphatic carbocycles. The molecule has 2 amide bonds. The minimum Gasteiger partial charge on any atom is -0.323 e. The maximum atomic E-state index is 14.0. The number of para-hydroxylation sites is 1. The van der Waals surface area contributed by atoms with Crippen LogP contribution in [0.2, 0.25) is 0 Å². The molecule has 1 N–H and O–H groups in total. The van der Waals surface area contributed by atoms with Crippen molar-refractivity contribution in [2.24, 2.45) is 5.92 Å². The molecule has 4 rings (SSSR count). The van der Waals surface area contributed by atoms with Gasteiger partial charge >= 0.3 is 0 Å². The number of nitrogens with zero attached hydrogens (tertiary/aromatic N) is 4. The Hall–Kier alpha value is -3.55. The first-order valence-electron chi connectivity index (χ1n) is 8.44. The van der Waals surface area contributed by atoms with E-state index < -0.39 is 11.7 Å². The van der Waals surface area contributed by atoms with Crippen molar-refractivity contribution in [3.63, 3.8) is 0 Å². The minimum atomic E-state index is -0.581. The molecule has 0 saturated carbocycles. The molecule has 1 aliphatic heterocycles. The van der Waals surface area contributed by atoms with Crippen molar-refractivity contribution in [3.05, 3.63) is 66.9 Å². The van der Waals surface area contributed by atoms with E-state index in [0.717, 1.165) is 0 Å². The number of rotatable bonds is 4. The van der Waals surface area contributed by atoms with Crippen molar-refractivity contribution in [1.29, 1.82) is 0 Å². The van der Waals surface area contributed by atoms with Crippen LogP contribution in [0.15, 0.2) is 61.1 Å². The number of pyridine rings is 1. The van der Waals surface area contributed by atoms with Gasteiger partial charge in [-0.2, -0.15) is 5.10 Å². The van der Waals surface area contributed by atoms with Gasteiger partial charge in [-0.25, -0.2) is 14.1 Å². The maximum Gasteiger partial charge on any atom is 0.229 e. The molecule has 0 radical (unpaired) electrons. The van der Waals surface area contributed by atoms with Gasteiger partial charge in [0.1, 0.15) is 5.82 Å². The normalized spacial score (nSPS) is 16.6. The lowest BCUT2D eigenvalue weighted by atomic mass is 10.1. The summed E-state index contributed by atoms with van der Waals surface area (Å²) < 4.78 is 15.5. The monoisotopic (exact) mass is 365 g/mol. The number of anilines is 2. The standard InChI is InChI=1S/C19H16FN5O2/c20-14-5-1-2-7-16(14)24-12-13(11-17(24)26)19(27)23-15-6-3-8-21-18(15)25-10-4-9-22-25/h1-10,13H,11-12H2,(H,23,27)/t13-/m0/s1. The molecule has 7 nitrogen and oxygen atoms in total. The molecule has 1 aromatic carbocycles. The first-order chi connectivity index (χ1) is 13.1. The van der Waals surface area contributed by atoms with Crippen LogP contribution in [0.25, 0.3) is 5.82 Å². The predicted molar refractivity (Wildman–Crippen MR) is 96.8 cm³/mol. The first kappa shape index (κ1) is 16.9. The predicted octanol–water partition coefficient (Wildman–Crippen LogP) is 2.40. The van der Waals surface area contributed by atoms with Gasteiger partial charge in [0, 0.05) is 31.6 Å². The summed E-state index contributed by atoms with van der Waals surface area (Å²) in [6.45, 7) is 0.128. The molecular weight excluding hydrogens is 349 g/mol. The molecule has 1 fully saturated rings. The maximum absolute atomic E-state index is 14.0. The van der Waals surface area contributed by atoms with Crippen LogP contribution in [0.1, 0.15) is 6.42 Å². The average molecular weight is 365 g/mol. The number of carbonyl (C=O) groups excluding carboxylic acids is 2. The number of aromatic nitrogens is 3. The molecule has 1 aliphatic rings. The van der Waals surface area contributed by atoms with Gasteiger partial charge in [0.15, 0.2) is 5.82 Å². The van der Waals surface area contributed by atoms with E-state index in [0.29, 0.717) is 11.5 Å². The van der Waals surface area contributed by atoms with Crippen LogP contribution in [-0.4, -0.2) is 33.1 Å². The van der Waals surface area contributed by atoms with Crippen molar-refractivity contribution in [2.45, 2.75) is 6.42 Å². The molecule has 27 heavy (non-hydrogen) atoms. The van der Waals surface area contributed by atoms with Crippen LogP contribution in [-0.2, 0) is 9.59 Å². The fourth-order valence-electron chi connectivity index (χ4n) is 3.09. The zero-order chi connectivity index (χ0) is 18.8. The van der Waals surface area contributed by atoms with E-state index >= 15 is 0 Å². The summed E-state index contributed by atoms with van der Waals surface area (Å²) in [6, 6.07) is 11.2. The summed E-state index contributed by atoms with van der Waals surface area (Å²) in [6.07, 6.45) is 4.96. The fourth-order valence-corrected chi connectivity index (χ4v) is 3.09. The average Bonchev–Trinajstić information content (AvgIpc) is 3.33. The molecule has 2 aromatic heterocycles. The van der Waals surface area contributed by atoms with Gasteiger partial charge < -0.3 is 10.2 Å². The molecule has 136 valence electrons. The Kier molecular flexibility index (Phi) is 4.37. The Balaban J connectivity index is 1.52. The Bertz CT molecular complexity index is 989. The summed E-state index contributed by atoms with van der Waals surface area (Å²) in [5.74, 6) is -1.18. The Morgan fingerprint density at radius 1 is 1.15 bits per heavy atom. The Labute approximate surface area is 154 Å². The van der Waals surface area contributed by atoms with Gasteiger partial charge in [0.2, 0.25) is 11.8 Å². The lowest BCUT2D eigenvalue weighted by Crippen LogP contribution is -2.29. The fraction of sp³-hybridized carbons (Fsp3) is 0.158. The molecule has 1 saturated heterocycles. The van der Waals surface area contributed by atoms with Gasteiger partial charge in [-0.15, -0.1) is 0 Å². The molecule has 0 bridgehead atoms. The number of nitrogens with one attached hydrogen (secondary N) is 1. The van der Waals surface area contributed by atoms with Crippen LogP contribution in [0.4, 0.5) is 15.8 Å². The Morgan fingerprint density at radius 2 is 2.00 bits per heavy atom. The molecule has 1 atom stereocenters. The SMILES string of the molecule is O=C(Nc1cccnc1-n1cccn1)[C@H]1CC(=O)N(c2ccccc2F)C1. The van der Waals surface area contributed by atoms with Crippen LogP contribution in [0.5, 0.6) is 0 Å². The number of hydrogen-bond donors (Lipinski definition) is 1. The Morgan fingerprint density at radius 3 is 2.78 bits per heavy atom. The number of amides is 2. The third-order valence-corrected chi connectivity index (χ3v) is 4.41. The summed E-state index contributed by atoms with van der Waals surface area (Å²) in [5, 5.41) is 6.94. The largest absolute Gasteiger partial charge is 0.323 e. The lowest BCUT2D eigenvalue weighted by molar-refractivity contribution is -0.122. The van der Waals surface area contributed by atoms with E-state index in [9.17, 15) is 14.0 Å². The van der Waals surface area contributed by atoms with Crippen molar-refractivity contribution in [2.75, 3.05) is 16.8 Å². The van der Waals surface area contributed by atoms with Crippen LogP contribution < -0.4 is 10.2 Å². The van der Waals surface area contributed by atoms with E-state index in [2.05, 4.69) is 15.4 Å². The van der Waals surface area contributed by atoms with E-state index in [1.54, 1.807) is 53.6 Å². The highest BCUT2D eigenvalue weighted by Crippen LogP contribution is 2.28. The topological polar surface area (TPSA) is 80.1 Å². The highest BCUT2D eigenvalue weighted by atomic mass is 19.1. The van der Waals surface area contributed by atoms with E-state index in [1.807, 2.05) is 0 Å². The summed E-state index contributed by atoms with van der Waals surface area (Å²) in [4.78, 5) is 30.6. The van der Waals surface area contributed by atoms with Crippen molar-refractivity contribution >= 4 is 23.2 Å². The van der Waals surface area contributed by atoms with Gasteiger partial charge in [0.05, 0.1) is 17.3 Å². The summed E-state index contributed by atoms with van der Waals surface area (Å²) >= 11 is 0. The van der Waals surface area contributed by atoms with E-state index in [1.165, 1.54) is 17.0 Å². The minimum absolute atomic E-state index is 0.0253. The zero-order valence-electron chi connectivity index (χ0n) is 14.2. The summed E-state index contributed by atoms with van der Waals surface area (Å²) in [7, 11) is 0. The second-order valence-electron chi connectivity index (χ2n) is 6.17. The van der Waals surface area contributed by atoms with E-state index in [4.69, 9.17) is 0 Å². The number of halogens is 1. The molecule has 3 aromatic rings. The van der Waals surface area contributed by atoms with Gasteiger partial charge in [-0.05, 0) is 30.3 Å². The molecule has 8 heteroatoms. The van der Waals surface area contributed by atoms with Gasteiger partial charge in [-0.1, -0.05) is 12.1 Å². The number of benzene rings is 1. The van der Waals surface area contributed by atoms with Crippen molar-refractivity contribution in [3.8, 4) is 5.82 Å².